The largest absolute Gasteiger partial charge is 0.471 e. The quantitative estimate of drug-likeness (QED) is 0.520. The normalized spacial score (nSPS) is 22.2. The Labute approximate surface area is 223 Å². The van der Waals surface area contributed by atoms with Crippen LogP contribution in [-0.4, -0.2) is 69.7 Å². The molecule has 1 amide bonds. The number of nitrogens with one attached hydrogen (secondary N) is 2. The number of carbonyl (C=O) groups is 1. The van der Waals surface area contributed by atoms with Crippen LogP contribution in [0.15, 0.2) is 43.1 Å². The highest BCUT2D eigenvalue weighted by Crippen LogP contribution is 2.38. The van der Waals surface area contributed by atoms with E-state index >= 15 is 0 Å². The Hall–Kier alpha value is -3.66. The number of anilines is 3. The van der Waals surface area contributed by atoms with E-state index < -0.39 is 0 Å². The summed E-state index contributed by atoms with van der Waals surface area (Å²) < 4.78 is 8.41. The molecule has 1 saturated carbocycles. The number of rotatable bonds is 5. The molecule has 3 fully saturated rings. The van der Waals surface area contributed by atoms with Gasteiger partial charge in [0.15, 0.2) is 5.88 Å². The Kier molecular flexibility index (Phi) is 6.43. The Balaban J connectivity index is 1.23. The fourth-order valence-corrected chi connectivity index (χ4v) is 6.04. The number of hydrogen-bond donors (Lipinski definition) is 2. The van der Waals surface area contributed by atoms with Gasteiger partial charge in [0.2, 0.25) is 5.95 Å². The Morgan fingerprint density at radius 1 is 1.16 bits per heavy atom. The molecule has 0 radical (unpaired) electrons. The topological polar surface area (TPSA) is 100 Å². The van der Waals surface area contributed by atoms with Crippen molar-refractivity contribution in [3.8, 4) is 0 Å². The SMILES string of the molecule is C=C1OC2(CCCNCC2)CN1c1ccc(Nc2ncc3cc(C(=O)N(C)C)n(C4CCCC4)c3n2)nc1. The summed E-state index contributed by atoms with van der Waals surface area (Å²) in [6, 6.07) is 6.13. The van der Waals surface area contributed by atoms with Gasteiger partial charge in [-0.3, -0.25) is 4.79 Å². The zero-order valence-electron chi connectivity index (χ0n) is 22.2. The van der Waals surface area contributed by atoms with Crippen LogP contribution in [0.1, 0.15) is 61.5 Å². The molecule has 1 unspecified atom stereocenters. The van der Waals surface area contributed by atoms with Crippen molar-refractivity contribution >= 4 is 34.4 Å². The number of aromatic nitrogens is 4. The molecule has 1 atom stereocenters. The highest BCUT2D eigenvalue weighted by Gasteiger charge is 2.42. The van der Waals surface area contributed by atoms with E-state index in [9.17, 15) is 4.79 Å². The molecule has 10 heteroatoms. The van der Waals surface area contributed by atoms with Gasteiger partial charge < -0.3 is 29.7 Å². The number of carbonyl (C=O) groups excluding carboxylic acids is 1. The summed E-state index contributed by atoms with van der Waals surface area (Å²) >= 11 is 0. The number of fused-ring (bicyclic) bond motifs is 1. The van der Waals surface area contributed by atoms with Gasteiger partial charge >= 0.3 is 0 Å². The Morgan fingerprint density at radius 2 is 2.00 bits per heavy atom. The molecule has 0 aromatic carbocycles. The molecule has 3 aromatic rings. The summed E-state index contributed by atoms with van der Waals surface area (Å²) in [6.45, 7) is 6.95. The van der Waals surface area contributed by atoms with Crippen LogP contribution >= 0.6 is 0 Å². The molecule has 2 N–H and O–H groups in total. The molecule has 10 nitrogen and oxygen atoms in total. The lowest BCUT2D eigenvalue weighted by Gasteiger charge is -2.25. The minimum absolute atomic E-state index is 0.0176. The molecule has 2 saturated heterocycles. The number of nitrogens with zero attached hydrogens (tertiary/aromatic N) is 6. The summed E-state index contributed by atoms with van der Waals surface area (Å²) in [6.07, 6.45) is 11.1. The van der Waals surface area contributed by atoms with E-state index in [0.717, 1.165) is 68.5 Å². The lowest BCUT2D eigenvalue weighted by molar-refractivity contribution is 0.0389. The van der Waals surface area contributed by atoms with Gasteiger partial charge in [-0.15, -0.1) is 0 Å². The van der Waals surface area contributed by atoms with Crippen molar-refractivity contribution in [2.45, 2.75) is 56.6 Å². The fraction of sp³-hybridized carbons (Fsp3) is 0.500. The van der Waals surface area contributed by atoms with Crippen LogP contribution in [0, 0.1) is 0 Å². The molecule has 6 rings (SSSR count). The standard InChI is InChI=1S/C28H36N8O2/c1-19-35(18-28(38-19)11-6-13-29-14-12-28)22-9-10-24(30-17-22)32-27-31-16-20-15-23(26(37)34(2)3)36(25(20)33-27)21-7-4-5-8-21/h9-10,15-17,21,29H,1,4-8,11-14,18H2,2-3H3,(H,30,31,32,33). The maximum atomic E-state index is 13.0. The molecule has 1 aliphatic carbocycles. The monoisotopic (exact) mass is 516 g/mol. The van der Waals surface area contributed by atoms with E-state index in [1.54, 1.807) is 25.2 Å². The molecule has 2 aliphatic heterocycles. The summed E-state index contributed by atoms with van der Waals surface area (Å²) in [5.74, 6) is 1.77. The molecule has 5 heterocycles. The third kappa shape index (κ3) is 4.57. The molecule has 3 aromatic heterocycles. The molecule has 200 valence electrons. The van der Waals surface area contributed by atoms with E-state index in [1.807, 2.05) is 24.4 Å². The fourth-order valence-electron chi connectivity index (χ4n) is 6.04. The smallest absolute Gasteiger partial charge is 0.270 e. The summed E-state index contributed by atoms with van der Waals surface area (Å²) in [5.41, 5.74) is 2.22. The molecular weight excluding hydrogens is 480 g/mol. The summed E-state index contributed by atoms with van der Waals surface area (Å²) in [5, 5.41) is 7.57. The van der Waals surface area contributed by atoms with Crippen LogP contribution in [0.5, 0.6) is 0 Å². The van der Waals surface area contributed by atoms with Crippen LogP contribution in [0.2, 0.25) is 0 Å². The van der Waals surface area contributed by atoms with Gasteiger partial charge in [-0.1, -0.05) is 12.8 Å². The minimum Gasteiger partial charge on any atom is -0.471 e. The van der Waals surface area contributed by atoms with Crippen LogP contribution < -0.4 is 15.5 Å². The molecular formula is C28H36N8O2. The molecule has 38 heavy (non-hydrogen) atoms. The van der Waals surface area contributed by atoms with Crippen molar-refractivity contribution in [2.75, 3.05) is 43.9 Å². The second-order valence-electron chi connectivity index (χ2n) is 10.9. The second kappa shape index (κ2) is 9.90. The van der Waals surface area contributed by atoms with E-state index in [1.165, 1.54) is 12.8 Å². The maximum absolute atomic E-state index is 13.0. The first kappa shape index (κ1) is 24.7. The van der Waals surface area contributed by atoms with Gasteiger partial charge in [0.1, 0.15) is 22.8 Å². The minimum atomic E-state index is -0.179. The predicted molar refractivity (Wildman–Crippen MR) is 148 cm³/mol. The van der Waals surface area contributed by atoms with E-state index in [4.69, 9.17) is 9.72 Å². The van der Waals surface area contributed by atoms with Gasteiger partial charge in [-0.05, 0) is 63.6 Å². The predicted octanol–water partition coefficient (Wildman–Crippen LogP) is 4.21. The highest BCUT2D eigenvalue weighted by atomic mass is 16.5. The zero-order chi connectivity index (χ0) is 26.3. The lowest BCUT2D eigenvalue weighted by atomic mass is 9.95. The molecule has 1 spiro atoms. The summed E-state index contributed by atoms with van der Waals surface area (Å²) in [7, 11) is 3.56. The van der Waals surface area contributed by atoms with Gasteiger partial charge in [0.05, 0.1) is 18.4 Å². The molecule has 0 bridgehead atoms. The number of amides is 1. The third-order valence-electron chi connectivity index (χ3n) is 8.02. The van der Waals surface area contributed by atoms with Crippen molar-refractivity contribution < 1.29 is 9.53 Å². The van der Waals surface area contributed by atoms with Crippen LogP contribution in [-0.2, 0) is 4.74 Å². The first-order chi connectivity index (χ1) is 18.4. The van der Waals surface area contributed by atoms with Crippen molar-refractivity contribution in [3.05, 3.63) is 48.7 Å². The van der Waals surface area contributed by atoms with Crippen molar-refractivity contribution in [1.29, 1.82) is 0 Å². The van der Waals surface area contributed by atoms with Crippen LogP contribution in [0.25, 0.3) is 11.0 Å². The second-order valence-corrected chi connectivity index (χ2v) is 10.9. The zero-order valence-corrected chi connectivity index (χ0v) is 22.2. The van der Waals surface area contributed by atoms with Gasteiger partial charge in [0, 0.05) is 38.1 Å². The number of ether oxygens (including phenoxy) is 1. The lowest BCUT2D eigenvalue weighted by Crippen LogP contribution is -2.35. The van der Waals surface area contributed by atoms with Crippen LogP contribution in [0.3, 0.4) is 0 Å². The Bertz CT molecular complexity index is 1330. The summed E-state index contributed by atoms with van der Waals surface area (Å²) in [4.78, 5) is 30.7. The number of hydrogen-bond acceptors (Lipinski definition) is 8. The van der Waals surface area contributed by atoms with Crippen molar-refractivity contribution in [3.63, 3.8) is 0 Å². The Morgan fingerprint density at radius 3 is 2.76 bits per heavy atom. The first-order valence-corrected chi connectivity index (χ1v) is 13.6. The van der Waals surface area contributed by atoms with Gasteiger partial charge in [0.25, 0.3) is 5.91 Å². The number of pyridine rings is 1. The average molecular weight is 517 g/mol. The van der Waals surface area contributed by atoms with Crippen molar-refractivity contribution in [2.24, 2.45) is 0 Å². The van der Waals surface area contributed by atoms with E-state index in [0.29, 0.717) is 23.3 Å². The third-order valence-corrected chi connectivity index (χ3v) is 8.02. The van der Waals surface area contributed by atoms with E-state index in [2.05, 4.69) is 36.6 Å². The van der Waals surface area contributed by atoms with Gasteiger partial charge in [-0.25, -0.2) is 9.97 Å². The van der Waals surface area contributed by atoms with E-state index in [-0.39, 0.29) is 17.6 Å². The molecule has 3 aliphatic rings. The van der Waals surface area contributed by atoms with Gasteiger partial charge in [-0.2, -0.15) is 4.98 Å². The highest BCUT2D eigenvalue weighted by molar-refractivity contribution is 5.97. The average Bonchev–Trinajstić information content (AvgIpc) is 3.59. The first-order valence-electron chi connectivity index (χ1n) is 13.6. The van der Waals surface area contributed by atoms with Crippen molar-refractivity contribution in [1.82, 2.24) is 29.7 Å². The van der Waals surface area contributed by atoms with Crippen LogP contribution in [0.4, 0.5) is 17.5 Å². The maximum Gasteiger partial charge on any atom is 0.270 e.